The molecule has 1 heterocycles. The van der Waals surface area contributed by atoms with Crippen LogP contribution in [-0.4, -0.2) is 15.6 Å². The molecule has 0 spiro atoms. The standard InChI is InChI=1S/C9H7IN2S2/c1-13-7-4-2-6(3-5-7)8-11-9(10)14-12-8/h2-5H,1H3. The number of nitrogens with zero attached hydrogens (tertiary/aromatic N) is 2. The molecule has 2 aromatic rings. The van der Waals surface area contributed by atoms with Crippen LogP contribution < -0.4 is 0 Å². The maximum atomic E-state index is 4.32. The fourth-order valence-electron chi connectivity index (χ4n) is 1.06. The van der Waals surface area contributed by atoms with Crippen molar-refractivity contribution < 1.29 is 0 Å². The smallest absolute Gasteiger partial charge is 0.174 e. The van der Waals surface area contributed by atoms with Gasteiger partial charge in [0.1, 0.15) is 0 Å². The first-order valence-electron chi connectivity index (χ1n) is 3.93. The van der Waals surface area contributed by atoms with Gasteiger partial charge in [0.05, 0.1) is 0 Å². The second-order valence-corrected chi connectivity index (χ2v) is 5.98. The summed E-state index contributed by atoms with van der Waals surface area (Å²) < 4.78 is 5.24. The van der Waals surface area contributed by atoms with Crippen LogP contribution in [0.5, 0.6) is 0 Å². The third-order valence-electron chi connectivity index (χ3n) is 1.75. The highest BCUT2D eigenvalue weighted by Crippen LogP contribution is 2.22. The van der Waals surface area contributed by atoms with Crippen molar-refractivity contribution >= 4 is 45.9 Å². The van der Waals surface area contributed by atoms with E-state index in [0.29, 0.717) is 0 Å². The summed E-state index contributed by atoms with van der Waals surface area (Å²) in [5, 5.41) is 0. The normalized spacial score (nSPS) is 10.4. The van der Waals surface area contributed by atoms with Crippen molar-refractivity contribution in [3.8, 4) is 11.4 Å². The largest absolute Gasteiger partial charge is 0.209 e. The molecule has 0 aliphatic heterocycles. The second kappa shape index (κ2) is 4.59. The molecule has 0 amide bonds. The van der Waals surface area contributed by atoms with E-state index in [4.69, 9.17) is 0 Å². The first kappa shape index (κ1) is 10.4. The predicted molar refractivity (Wildman–Crippen MR) is 69.8 cm³/mol. The van der Waals surface area contributed by atoms with Gasteiger partial charge >= 0.3 is 0 Å². The van der Waals surface area contributed by atoms with Crippen LogP contribution in [0.2, 0.25) is 0 Å². The maximum Gasteiger partial charge on any atom is 0.174 e. The van der Waals surface area contributed by atoms with E-state index in [0.717, 1.165) is 14.4 Å². The average Bonchev–Trinajstić information content (AvgIpc) is 2.65. The Morgan fingerprint density at radius 1 is 1.29 bits per heavy atom. The van der Waals surface area contributed by atoms with Crippen LogP contribution in [0, 0.1) is 3.01 Å². The van der Waals surface area contributed by atoms with E-state index in [2.05, 4.69) is 62.5 Å². The molecular formula is C9H7IN2S2. The molecule has 0 aliphatic rings. The number of rotatable bonds is 2. The minimum absolute atomic E-state index is 0.826. The third-order valence-corrected chi connectivity index (χ3v) is 3.83. The Bertz CT molecular complexity index is 425. The average molecular weight is 334 g/mol. The molecule has 0 saturated carbocycles. The van der Waals surface area contributed by atoms with Crippen molar-refractivity contribution in [1.29, 1.82) is 0 Å². The number of hydrogen-bond donors (Lipinski definition) is 0. The summed E-state index contributed by atoms with van der Waals surface area (Å²) in [6.07, 6.45) is 2.07. The topological polar surface area (TPSA) is 25.8 Å². The van der Waals surface area contributed by atoms with E-state index in [1.54, 1.807) is 11.8 Å². The number of thioether (sulfide) groups is 1. The minimum Gasteiger partial charge on any atom is -0.209 e. The molecule has 0 N–H and O–H groups in total. The first-order valence-corrected chi connectivity index (χ1v) is 7.01. The van der Waals surface area contributed by atoms with Gasteiger partial charge in [-0.2, -0.15) is 4.37 Å². The molecular weight excluding hydrogens is 327 g/mol. The maximum absolute atomic E-state index is 4.32. The molecule has 0 unspecified atom stereocenters. The SMILES string of the molecule is CSc1ccc(-c2nsc(I)n2)cc1. The molecule has 14 heavy (non-hydrogen) atoms. The van der Waals surface area contributed by atoms with Gasteiger partial charge < -0.3 is 0 Å². The van der Waals surface area contributed by atoms with Crippen molar-refractivity contribution in [3.63, 3.8) is 0 Å². The Balaban J connectivity index is 2.33. The van der Waals surface area contributed by atoms with Gasteiger partial charge in [-0.3, -0.25) is 0 Å². The lowest BCUT2D eigenvalue weighted by atomic mass is 10.2. The van der Waals surface area contributed by atoms with Gasteiger partial charge in [-0.1, -0.05) is 12.1 Å². The summed E-state index contributed by atoms with van der Waals surface area (Å²) in [4.78, 5) is 5.59. The molecule has 2 rings (SSSR count). The van der Waals surface area contributed by atoms with E-state index in [-0.39, 0.29) is 0 Å². The lowest BCUT2D eigenvalue weighted by Crippen LogP contribution is -1.80. The van der Waals surface area contributed by atoms with E-state index in [9.17, 15) is 0 Å². The Labute approximate surface area is 104 Å². The molecule has 0 aliphatic carbocycles. The summed E-state index contributed by atoms with van der Waals surface area (Å²) in [6.45, 7) is 0. The van der Waals surface area contributed by atoms with Gasteiger partial charge in [-0.05, 0) is 52.5 Å². The van der Waals surface area contributed by atoms with Crippen LogP contribution in [-0.2, 0) is 0 Å². The Morgan fingerprint density at radius 3 is 2.50 bits per heavy atom. The Kier molecular flexibility index (Phi) is 3.40. The molecule has 2 nitrogen and oxygen atoms in total. The minimum atomic E-state index is 0.826. The Hall–Kier alpha value is -0.140. The highest BCUT2D eigenvalue weighted by molar-refractivity contribution is 14.1. The van der Waals surface area contributed by atoms with E-state index < -0.39 is 0 Å². The Morgan fingerprint density at radius 2 is 2.00 bits per heavy atom. The van der Waals surface area contributed by atoms with Crippen LogP contribution in [0.15, 0.2) is 29.2 Å². The number of hydrogen-bond acceptors (Lipinski definition) is 4. The van der Waals surface area contributed by atoms with Crippen molar-refractivity contribution in [2.75, 3.05) is 6.26 Å². The van der Waals surface area contributed by atoms with Crippen molar-refractivity contribution in [1.82, 2.24) is 9.36 Å². The monoisotopic (exact) mass is 334 g/mol. The van der Waals surface area contributed by atoms with Crippen LogP contribution in [0.3, 0.4) is 0 Å². The van der Waals surface area contributed by atoms with Crippen molar-refractivity contribution in [3.05, 3.63) is 27.3 Å². The molecule has 1 aromatic carbocycles. The zero-order valence-electron chi connectivity index (χ0n) is 7.40. The zero-order valence-corrected chi connectivity index (χ0v) is 11.2. The zero-order chi connectivity index (χ0) is 9.97. The highest BCUT2D eigenvalue weighted by atomic mass is 127. The quantitative estimate of drug-likeness (QED) is 0.621. The molecule has 0 bridgehead atoms. The summed E-state index contributed by atoms with van der Waals surface area (Å²) >= 11 is 5.35. The number of halogens is 1. The fraction of sp³-hybridized carbons (Fsp3) is 0.111. The molecule has 0 fully saturated rings. The van der Waals surface area contributed by atoms with E-state index in [1.165, 1.54) is 16.4 Å². The summed E-state index contributed by atoms with van der Waals surface area (Å²) in [5.41, 5.74) is 1.09. The van der Waals surface area contributed by atoms with Gasteiger partial charge in [0, 0.05) is 10.5 Å². The number of aromatic nitrogens is 2. The molecule has 0 atom stereocenters. The summed E-state index contributed by atoms with van der Waals surface area (Å²) in [5.74, 6) is 0.826. The molecule has 72 valence electrons. The van der Waals surface area contributed by atoms with Crippen LogP contribution in [0.25, 0.3) is 11.4 Å². The van der Waals surface area contributed by atoms with Crippen molar-refractivity contribution in [2.24, 2.45) is 0 Å². The molecule has 1 aromatic heterocycles. The van der Waals surface area contributed by atoms with Gasteiger partial charge in [-0.25, -0.2) is 4.98 Å². The predicted octanol–water partition coefficient (Wildman–Crippen LogP) is 3.53. The first-order chi connectivity index (χ1) is 6.79. The molecule has 0 saturated heterocycles. The third kappa shape index (κ3) is 2.26. The second-order valence-electron chi connectivity index (χ2n) is 2.60. The van der Waals surface area contributed by atoms with Crippen LogP contribution >= 0.6 is 45.9 Å². The van der Waals surface area contributed by atoms with E-state index >= 15 is 0 Å². The molecule has 0 radical (unpaired) electrons. The highest BCUT2D eigenvalue weighted by Gasteiger charge is 2.03. The fourth-order valence-corrected chi connectivity index (χ4v) is 2.43. The summed E-state index contributed by atoms with van der Waals surface area (Å²) in [6, 6.07) is 8.30. The van der Waals surface area contributed by atoms with Gasteiger partial charge in [-0.15, -0.1) is 11.8 Å². The van der Waals surface area contributed by atoms with Gasteiger partial charge in [0.2, 0.25) is 0 Å². The lowest BCUT2D eigenvalue weighted by molar-refractivity contribution is 1.29. The van der Waals surface area contributed by atoms with Gasteiger partial charge in [0.25, 0.3) is 0 Å². The van der Waals surface area contributed by atoms with Crippen LogP contribution in [0.1, 0.15) is 0 Å². The van der Waals surface area contributed by atoms with Crippen LogP contribution in [0.4, 0.5) is 0 Å². The van der Waals surface area contributed by atoms with Crippen molar-refractivity contribution in [2.45, 2.75) is 4.90 Å². The van der Waals surface area contributed by atoms with Gasteiger partial charge in [0.15, 0.2) is 8.84 Å². The summed E-state index contributed by atoms with van der Waals surface area (Å²) in [7, 11) is 0. The van der Waals surface area contributed by atoms with E-state index in [1.807, 2.05) is 0 Å². The molecule has 5 heteroatoms. The number of benzene rings is 1. The lowest BCUT2D eigenvalue weighted by Gasteiger charge is -1.97.